The van der Waals surface area contributed by atoms with Gasteiger partial charge in [-0.15, -0.1) is 11.6 Å². The summed E-state index contributed by atoms with van der Waals surface area (Å²) in [5, 5.41) is 0. The van der Waals surface area contributed by atoms with Crippen LogP contribution in [0, 0.1) is 12.8 Å². The number of rotatable bonds is 2. The van der Waals surface area contributed by atoms with Gasteiger partial charge in [0.2, 0.25) is 0 Å². The Morgan fingerprint density at radius 2 is 2.38 bits per heavy atom. The first kappa shape index (κ1) is 12.2. The first-order valence-electron chi connectivity index (χ1n) is 5.58. The number of hydrogen-bond acceptors (Lipinski definition) is 2. The third-order valence-electron chi connectivity index (χ3n) is 3.37. The van der Waals surface area contributed by atoms with Crippen molar-refractivity contribution >= 4 is 33.3 Å². The molecule has 0 aromatic carbocycles. The van der Waals surface area contributed by atoms with E-state index in [-0.39, 0.29) is 0 Å². The van der Waals surface area contributed by atoms with Crippen LogP contribution in [-0.2, 0) is 0 Å². The average molecular weight is 304 g/mol. The van der Waals surface area contributed by atoms with E-state index in [1.54, 1.807) is 0 Å². The van der Waals surface area contributed by atoms with Crippen molar-refractivity contribution < 1.29 is 0 Å². The molecule has 1 aliphatic heterocycles. The molecule has 1 fully saturated rings. The molecule has 0 N–H and O–H groups in total. The van der Waals surface area contributed by atoms with Crippen molar-refractivity contribution in [3.63, 3.8) is 0 Å². The lowest BCUT2D eigenvalue weighted by molar-refractivity contribution is 0.548. The first-order valence-corrected chi connectivity index (χ1v) is 6.91. The highest BCUT2D eigenvalue weighted by Crippen LogP contribution is 2.30. The number of halogens is 2. The fraction of sp³-hybridized carbons (Fsp3) is 0.583. The van der Waals surface area contributed by atoms with Gasteiger partial charge in [0, 0.05) is 29.1 Å². The summed E-state index contributed by atoms with van der Waals surface area (Å²) in [7, 11) is 0. The third kappa shape index (κ3) is 2.21. The van der Waals surface area contributed by atoms with E-state index in [4.69, 9.17) is 11.6 Å². The Labute approximate surface area is 110 Å². The molecule has 1 aromatic heterocycles. The monoisotopic (exact) mass is 302 g/mol. The summed E-state index contributed by atoms with van der Waals surface area (Å²) in [5.41, 5.74) is 1.22. The van der Waals surface area contributed by atoms with Crippen molar-refractivity contribution in [1.82, 2.24) is 4.98 Å². The molecule has 0 spiro atoms. The van der Waals surface area contributed by atoms with E-state index in [1.807, 2.05) is 6.20 Å². The molecule has 0 radical (unpaired) electrons. The van der Waals surface area contributed by atoms with E-state index in [9.17, 15) is 0 Å². The minimum Gasteiger partial charge on any atom is -0.352 e. The highest BCUT2D eigenvalue weighted by molar-refractivity contribution is 9.10. The van der Waals surface area contributed by atoms with Crippen LogP contribution in [0.3, 0.4) is 0 Å². The zero-order valence-electron chi connectivity index (χ0n) is 9.58. The zero-order chi connectivity index (χ0) is 11.7. The molecule has 2 heterocycles. The van der Waals surface area contributed by atoms with Gasteiger partial charge in [-0.25, -0.2) is 4.98 Å². The van der Waals surface area contributed by atoms with Crippen molar-refractivity contribution in [3.8, 4) is 0 Å². The SMILES string of the molecule is Cc1cc(N2CCC(C)C2CCl)ncc1Br. The Kier molecular flexibility index (Phi) is 3.75. The fourth-order valence-corrected chi connectivity index (χ4v) is 2.90. The number of pyridine rings is 1. The number of anilines is 1. The molecule has 1 saturated heterocycles. The van der Waals surface area contributed by atoms with Crippen LogP contribution in [-0.4, -0.2) is 23.5 Å². The van der Waals surface area contributed by atoms with Crippen molar-refractivity contribution in [2.24, 2.45) is 5.92 Å². The van der Waals surface area contributed by atoms with Crippen molar-refractivity contribution in [1.29, 1.82) is 0 Å². The molecule has 0 bridgehead atoms. The molecule has 1 aromatic rings. The van der Waals surface area contributed by atoms with Gasteiger partial charge in [-0.2, -0.15) is 0 Å². The minimum absolute atomic E-state index is 0.426. The van der Waals surface area contributed by atoms with Crippen LogP contribution < -0.4 is 4.90 Å². The number of nitrogens with zero attached hydrogens (tertiary/aromatic N) is 2. The van der Waals surface area contributed by atoms with E-state index >= 15 is 0 Å². The molecular formula is C12H16BrClN2. The normalized spacial score (nSPS) is 25.1. The molecule has 4 heteroatoms. The van der Waals surface area contributed by atoms with Gasteiger partial charge in [0.15, 0.2) is 0 Å². The molecule has 0 saturated carbocycles. The van der Waals surface area contributed by atoms with Crippen LogP contribution in [0.4, 0.5) is 5.82 Å². The maximum Gasteiger partial charge on any atom is 0.129 e. The largest absolute Gasteiger partial charge is 0.352 e. The highest BCUT2D eigenvalue weighted by Gasteiger charge is 2.31. The summed E-state index contributed by atoms with van der Waals surface area (Å²) >= 11 is 9.51. The van der Waals surface area contributed by atoms with Gasteiger partial charge >= 0.3 is 0 Å². The molecule has 16 heavy (non-hydrogen) atoms. The maximum atomic E-state index is 6.04. The lowest BCUT2D eigenvalue weighted by atomic mass is 10.1. The number of aromatic nitrogens is 1. The quantitative estimate of drug-likeness (QED) is 0.776. The van der Waals surface area contributed by atoms with Gasteiger partial charge in [-0.1, -0.05) is 6.92 Å². The topological polar surface area (TPSA) is 16.1 Å². The Morgan fingerprint density at radius 3 is 3.00 bits per heavy atom. The van der Waals surface area contributed by atoms with Crippen molar-refractivity contribution in [2.75, 3.05) is 17.3 Å². The van der Waals surface area contributed by atoms with Crippen LogP contribution >= 0.6 is 27.5 Å². The molecule has 0 amide bonds. The van der Waals surface area contributed by atoms with E-state index in [2.05, 4.69) is 45.7 Å². The Balaban J connectivity index is 2.27. The lowest BCUT2D eigenvalue weighted by Gasteiger charge is -2.26. The van der Waals surface area contributed by atoms with Gasteiger partial charge in [0.05, 0.1) is 0 Å². The van der Waals surface area contributed by atoms with E-state index in [1.165, 1.54) is 12.0 Å². The number of hydrogen-bond donors (Lipinski definition) is 0. The summed E-state index contributed by atoms with van der Waals surface area (Å²) in [5.74, 6) is 2.39. The standard InChI is InChI=1S/C12H16BrClN2/c1-8-3-4-16(11(8)6-14)12-5-9(2)10(13)7-15-12/h5,7-8,11H,3-4,6H2,1-2H3. The van der Waals surface area contributed by atoms with E-state index in [0.717, 1.165) is 16.8 Å². The maximum absolute atomic E-state index is 6.04. The molecule has 2 rings (SSSR count). The Bertz CT molecular complexity index is 383. The molecule has 2 unspecified atom stereocenters. The average Bonchev–Trinajstić information content (AvgIpc) is 2.63. The Morgan fingerprint density at radius 1 is 1.62 bits per heavy atom. The Hall–Kier alpha value is -0.280. The third-order valence-corrected chi connectivity index (χ3v) is 4.51. The van der Waals surface area contributed by atoms with Gasteiger partial charge in [-0.3, -0.25) is 0 Å². The van der Waals surface area contributed by atoms with Crippen LogP contribution in [0.1, 0.15) is 18.9 Å². The predicted molar refractivity (Wildman–Crippen MR) is 72.3 cm³/mol. The minimum atomic E-state index is 0.426. The van der Waals surface area contributed by atoms with Gasteiger partial charge < -0.3 is 4.90 Å². The van der Waals surface area contributed by atoms with Gasteiger partial charge in [0.1, 0.15) is 5.82 Å². The second-order valence-electron chi connectivity index (χ2n) is 4.47. The highest BCUT2D eigenvalue weighted by atomic mass is 79.9. The van der Waals surface area contributed by atoms with Crippen LogP contribution in [0.25, 0.3) is 0 Å². The molecule has 2 atom stereocenters. The molecule has 0 aliphatic carbocycles. The van der Waals surface area contributed by atoms with Gasteiger partial charge in [-0.05, 0) is 46.8 Å². The second-order valence-corrected chi connectivity index (χ2v) is 5.64. The second kappa shape index (κ2) is 4.92. The predicted octanol–water partition coefficient (Wildman–Crippen LogP) is 3.61. The van der Waals surface area contributed by atoms with Crippen LogP contribution in [0.5, 0.6) is 0 Å². The van der Waals surface area contributed by atoms with Crippen LogP contribution in [0.15, 0.2) is 16.7 Å². The first-order chi connectivity index (χ1) is 7.63. The smallest absolute Gasteiger partial charge is 0.129 e. The van der Waals surface area contributed by atoms with E-state index in [0.29, 0.717) is 17.8 Å². The fourth-order valence-electron chi connectivity index (χ4n) is 2.21. The molecule has 2 nitrogen and oxygen atoms in total. The summed E-state index contributed by atoms with van der Waals surface area (Å²) in [4.78, 5) is 6.80. The summed E-state index contributed by atoms with van der Waals surface area (Å²) in [6.07, 6.45) is 3.08. The lowest BCUT2D eigenvalue weighted by Crippen LogP contribution is -2.34. The molecule has 1 aliphatic rings. The summed E-state index contributed by atoms with van der Waals surface area (Å²) in [6, 6.07) is 2.55. The van der Waals surface area contributed by atoms with E-state index < -0.39 is 0 Å². The zero-order valence-corrected chi connectivity index (χ0v) is 11.9. The summed E-state index contributed by atoms with van der Waals surface area (Å²) in [6.45, 7) is 5.41. The summed E-state index contributed by atoms with van der Waals surface area (Å²) < 4.78 is 1.06. The number of alkyl halides is 1. The number of aryl methyl sites for hydroxylation is 1. The molecule has 88 valence electrons. The van der Waals surface area contributed by atoms with Crippen LogP contribution in [0.2, 0.25) is 0 Å². The van der Waals surface area contributed by atoms with Crippen molar-refractivity contribution in [2.45, 2.75) is 26.3 Å². The van der Waals surface area contributed by atoms with Crippen molar-refractivity contribution in [3.05, 3.63) is 22.3 Å². The molecular weight excluding hydrogens is 288 g/mol. The van der Waals surface area contributed by atoms with Gasteiger partial charge in [0.25, 0.3) is 0 Å².